The van der Waals surface area contributed by atoms with Gasteiger partial charge < -0.3 is 4.43 Å². The summed E-state index contributed by atoms with van der Waals surface area (Å²) in [6.45, 7) is 7.02. The van der Waals surface area contributed by atoms with Crippen LogP contribution in [0, 0.1) is 5.92 Å². The Hall–Kier alpha value is -3.51. The number of nitrogens with zero attached hydrogens (tertiary/aromatic N) is 2. The second-order valence-electron chi connectivity index (χ2n) is 11.5. The van der Waals surface area contributed by atoms with Crippen LogP contribution < -0.4 is 15.4 Å². The standard InChI is InChI=1S/C34H36N2O2Si/c1-34(2,3)39(28-17-9-5-10-18-28,29-19-11-6-12-20-29)38-33(26-15-7-4-8-16-26)30-25-27-22-23-31(30)37-36(27)32-21-13-14-24-35-32/h4-24,27,30-31,33H,25H2,1-3H3/t27-,30+,31+,33+/m0/s1. The highest BCUT2D eigenvalue weighted by Gasteiger charge is 2.54. The van der Waals surface area contributed by atoms with Gasteiger partial charge in [-0.3, -0.25) is 4.84 Å². The molecule has 1 fully saturated rings. The maximum Gasteiger partial charge on any atom is 0.261 e. The van der Waals surface area contributed by atoms with Crippen LogP contribution in [0.3, 0.4) is 0 Å². The maximum atomic E-state index is 7.78. The number of hydrogen-bond donors (Lipinski definition) is 0. The lowest BCUT2D eigenvalue weighted by Gasteiger charge is -2.51. The van der Waals surface area contributed by atoms with Crippen molar-refractivity contribution in [1.82, 2.24) is 4.98 Å². The predicted octanol–water partition coefficient (Wildman–Crippen LogP) is 6.46. The molecule has 0 saturated carbocycles. The molecular weight excluding hydrogens is 496 g/mol. The molecule has 0 spiro atoms. The molecule has 1 saturated heterocycles. The second-order valence-corrected chi connectivity index (χ2v) is 15.8. The van der Waals surface area contributed by atoms with Gasteiger partial charge in [0.25, 0.3) is 8.32 Å². The molecule has 2 aliphatic heterocycles. The average molecular weight is 533 g/mol. The van der Waals surface area contributed by atoms with Crippen LogP contribution >= 0.6 is 0 Å². The maximum absolute atomic E-state index is 7.78. The summed E-state index contributed by atoms with van der Waals surface area (Å²) in [6, 6.07) is 38.6. The number of benzene rings is 3. The molecule has 7 rings (SSSR count). The topological polar surface area (TPSA) is 34.6 Å². The number of aromatic nitrogens is 1. The Morgan fingerprint density at radius 3 is 1.90 bits per heavy atom. The summed E-state index contributed by atoms with van der Waals surface area (Å²) < 4.78 is 7.78. The Morgan fingerprint density at radius 1 is 0.795 bits per heavy atom. The summed E-state index contributed by atoms with van der Waals surface area (Å²) in [4.78, 5) is 11.2. The van der Waals surface area contributed by atoms with Crippen LogP contribution in [0.25, 0.3) is 0 Å². The van der Waals surface area contributed by atoms with Crippen molar-refractivity contribution in [3.63, 3.8) is 0 Å². The Balaban J connectivity index is 1.46. The first-order chi connectivity index (χ1) is 19.0. The normalized spacial score (nSPS) is 21.6. The van der Waals surface area contributed by atoms with Gasteiger partial charge in [0, 0.05) is 12.1 Å². The Kier molecular flexibility index (Phi) is 6.98. The smallest absolute Gasteiger partial charge is 0.261 e. The molecule has 3 aliphatic rings. The molecular formula is C34H36N2O2Si. The van der Waals surface area contributed by atoms with E-state index in [1.807, 2.05) is 29.5 Å². The van der Waals surface area contributed by atoms with E-state index in [1.165, 1.54) is 15.9 Å². The summed E-state index contributed by atoms with van der Waals surface area (Å²) in [7, 11) is -2.79. The van der Waals surface area contributed by atoms with Gasteiger partial charge in [0.1, 0.15) is 6.10 Å². The molecule has 4 atom stereocenters. The third kappa shape index (κ3) is 4.76. The van der Waals surface area contributed by atoms with E-state index in [-0.39, 0.29) is 29.2 Å². The van der Waals surface area contributed by atoms with Crippen molar-refractivity contribution in [2.75, 3.05) is 5.06 Å². The summed E-state index contributed by atoms with van der Waals surface area (Å²) in [6.07, 6.45) is 6.99. The van der Waals surface area contributed by atoms with Crippen molar-refractivity contribution in [2.24, 2.45) is 5.92 Å². The zero-order valence-corrected chi connectivity index (χ0v) is 23.9. The first-order valence-electron chi connectivity index (χ1n) is 13.9. The van der Waals surface area contributed by atoms with Gasteiger partial charge in [-0.05, 0) is 39.5 Å². The number of fused-ring (bicyclic) bond motifs is 2. The van der Waals surface area contributed by atoms with Crippen LogP contribution in [0.1, 0.15) is 38.9 Å². The lowest BCUT2D eigenvalue weighted by molar-refractivity contribution is -0.0738. The van der Waals surface area contributed by atoms with Crippen LogP contribution in [0.2, 0.25) is 5.04 Å². The van der Waals surface area contributed by atoms with Gasteiger partial charge >= 0.3 is 0 Å². The van der Waals surface area contributed by atoms with Crippen molar-refractivity contribution in [3.8, 4) is 0 Å². The Bertz CT molecular complexity index is 1350. The van der Waals surface area contributed by atoms with E-state index in [9.17, 15) is 0 Å². The average Bonchev–Trinajstić information content (AvgIpc) is 2.99. The number of rotatable bonds is 7. The quantitative estimate of drug-likeness (QED) is 0.202. The number of hydrogen-bond acceptors (Lipinski definition) is 4. The summed E-state index contributed by atoms with van der Waals surface area (Å²) in [5.41, 5.74) is 1.20. The highest BCUT2D eigenvalue weighted by atomic mass is 28.4. The van der Waals surface area contributed by atoms with E-state index < -0.39 is 8.32 Å². The minimum absolute atomic E-state index is 0.101. The molecule has 4 aromatic rings. The molecule has 2 bridgehead atoms. The fourth-order valence-corrected chi connectivity index (χ4v) is 11.0. The molecule has 5 heteroatoms. The number of hydroxylamine groups is 1. The fourth-order valence-electron chi connectivity index (χ4n) is 6.30. The molecule has 3 heterocycles. The molecule has 0 amide bonds. The van der Waals surface area contributed by atoms with Crippen molar-refractivity contribution < 1.29 is 9.26 Å². The van der Waals surface area contributed by atoms with Crippen LogP contribution in [0.15, 0.2) is 128 Å². The molecule has 0 radical (unpaired) electrons. The summed E-state index contributed by atoms with van der Waals surface area (Å²) in [5, 5.41) is 4.44. The molecule has 3 aromatic carbocycles. The van der Waals surface area contributed by atoms with Gasteiger partial charge in [-0.1, -0.05) is 130 Å². The van der Waals surface area contributed by atoms with Crippen molar-refractivity contribution in [3.05, 3.63) is 133 Å². The minimum atomic E-state index is -2.79. The molecule has 0 N–H and O–H groups in total. The van der Waals surface area contributed by atoms with Gasteiger partial charge in [0.15, 0.2) is 5.82 Å². The van der Waals surface area contributed by atoms with E-state index in [2.05, 4.69) is 129 Å². The van der Waals surface area contributed by atoms with Crippen molar-refractivity contribution in [1.29, 1.82) is 0 Å². The van der Waals surface area contributed by atoms with E-state index in [0.717, 1.165) is 12.2 Å². The van der Waals surface area contributed by atoms with Crippen molar-refractivity contribution >= 4 is 24.5 Å². The second kappa shape index (κ2) is 10.6. The van der Waals surface area contributed by atoms with Crippen LogP contribution in [-0.2, 0) is 9.26 Å². The van der Waals surface area contributed by atoms with Crippen LogP contribution in [0.5, 0.6) is 0 Å². The molecule has 0 unspecified atom stereocenters. The molecule has 39 heavy (non-hydrogen) atoms. The summed E-state index contributed by atoms with van der Waals surface area (Å²) in [5.74, 6) is 1.00. The predicted molar refractivity (Wildman–Crippen MR) is 161 cm³/mol. The van der Waals surface area contributed by atoms with Crippen molar-refractivity contribution in [2.45, 2.75) is 50.5 Å². The Labute approximate surface area is 233 Å². The van der Waals surface area contributed by atoms with E-state index in [1.54, 1.807) is 0 Å². The number of anilines is 1. The lowest BCUT2D eigenvalue weighted by atomic mass is 9.80. The van der Waals surface area contributed by atoms with Gasteiger partial charge in [0.05, 0.1) is 12.1 Å². The monoisotopic (exact) mass is 532 g/mol. The largest absolute Gasteiger partial charge is 0.400 e. The third-order valence-corrected chi connectivity index (χ3v) is 13.1. The minimum Gasteiger partial charge on any atom is -0.400 e. The lowest BCUT2D eigenvalue weighted by Crippen LogP contribution is -2.67. The zero-order valence-electron chi connectivity index (χ0n) is 22.9. The first kappa shape index (κ1) is 25.7. The number of pyridine rings is 1. The zero-order chi connectivity index (χ0) is 26.9. The first-order valence-corrected chi connectivity index (χ1v) is 15.8. The molecule has 4 nitrogen and oxygen atoms in total. The van der Waals surface area contributed by atoms with Gasteiger partial charge in [-0.15, -0.1) is 0 Å². The van der Waals surface area contributed by atoms with Crippen LogP contribution in [0.4, 0.5) is 5.82 Å². The van der Waals surface area contributed by atoms with E-state index >= 15 is 0 Å². The molecule has 1 aliphatic carbocycles. The van der Waals surface area contributed by atoms with E-state index in [0.29, 0.717) is 0 Å². The van der Waals surface area contributed by atoms with E-state index in [4.69, 9.17) is 9.26 Å². The third-order valence-electron chi connectivity index (χ3n) is 8.11. The highest BCUT2D eigenvalue weighted by molar-refractivity contribution is 6.99. The molecule has 1 aromatic heterocycles. The Morgan fingerprint density at radius 2 is 1.38 bits per heavy atom. The van der Waals surface area contributed by atoms with Gasteiger partial charge in [-0.2, -0.15) is 0 Å². The fraction of sp³-hybridized carbons (Fsp3) is 0.265. The SMILES string of the molecule is CC(C)(C)[Si](O[C@H](c1ccccc1)[C@@H]1C[C@@H]2C=C[C@H]1ON2c1ccccn1)(c1ccccc1)c1ccccc1. The van der Waals surface area contributed by atoms with Crippen LogP contribution in [-0.4, -0.2) is 25.4 Å². The molecule has 198 valence electrons. The highest BCUT2D eigenvalue weighted by Crippen LogP contribution is 2.47. The summed E-state index contributed by atoms with van der Waals surface area (Å²) >= 11 is 0. The van der Waals surface area contributed by atoms with Gasteiger partial charge in [-0.25, -0.2) is 10.0 Å². The van der Waals surface area contributed by atoms with Gasteiger partial charge in [0.2, 0.25) is 0 Å².